The maximum Gasteiger partial charge on any atom is 0.223 e. The maximum atomic E-state index is 5.80. The topological polar surface area (TPSA) is 63.8 Å². The number of hydrogen-bond acceptors (Lipinski definition) is 4. The maximum absolute atomic E-state index is 5.80. The zero-order chi connectivity index (χ0) is 10.9. The first kappa shape index (κ1) is 10.8. The zero-order valence-corrected chi connectivity index (χ0v) is 10.3. The molecule has 0 aliphatic heterocycles. The summed E-state index contributed by atoms with van der Waals surface area (Å²) in [6.45, 7) is 2.74. The third kappa shape index (κ3) is 2.46. The van der Waals surface area contributed by atoms with Crippen molar-refractivity contribution in [2.75, 3.05) is 11.9 Å². The Hall–Kier alpha value is -0.680. The molecule has 15 heavy (non-hydrogen) atoms. The van der Waals surface area contributed by atoms with Crippen LogP contribution in [0.5, 0.6) is 0 Å². The lowest BCUT2D eigenvalue weighted by Crippen LogP contribution is -2.45. The molecule has 0 radical (unpaired) electrons. The van der Waals surface area contributed by atoms with Crippen LogP contribution in [0.15, 0.2) is 16.9 Å². The Morgan fingerprint density at radius 3 is 2.60 bits per heavy atom. The Bertz CT molecular complexity index is 336. The number of rotatable bonds is 4. The van der Waals surface area contributed by atoms with Gasteiger partial charge in [-0.3, -0.25) is 0 Å². The van der Waals surface area contributed by atoms with E-state index < -0.39 is 0 Å². The lowest BCUT2D eigenvalue weighted by Gasteiger charge is -2.29. The van der Waals surface area contributed by atoms with Crippen LogP contribution in [0.2, 0.25) is 0 Å². The molecule has 5 heteroatoms. The molecule has 1 heterocycles. The highest BCUT2D eigenvalue weighted by molar-refractivity contribution is 9.10. The summed E-state index contributed by atoms with van der Waals surface area (Å²) in [7, 11) is 0. The van der Waals surface area contributed by atoms with Crippen molar-refractivity contribution in [3.63, 3.8) is 0 Å². The monoisotopic (exact) mass is 270 g/mol. The molecule has 0 amide bonds. The number of anilines is 1. The van der Waals surface area contributed by atoms with E-state index in [4.69, 9.17) is 5.73 Å². The van der Waals surface area contributed by atoms with Crippen molar-refractivity contribution in [1.82, 2.24) is 9.97 Å². The summed E-state index contributed by atoms with van der Waals surface area (Å²) in [5.74, 6) is 1.31. The van der Waals surface area contributed by atoms with Crippen LogP contribution in [0.4, 0.5) is 5.95 Å². The molecule has 1 aliphatic rings. The van der Waals surface area contributed by atoms with Gasteiger partial charge in [-0.25, -0.2) is 9.97 Å². The molecular formula is C10H15BrN4. The van der Waals surface area contributed by atoms with E-state index in [1.165, 1.54) is 12.8 Å². The molecule has 1 atom stereocenters. The van der Waals surface area contributed by atoms with Crippen LogP contribution in [0.1, 0.15) is 19.8 Å². The van der Waals surface area contributed by atoms with E-state index in [1.807, 2.05) is 0 Å². The molecule has 1 fully saturated rings. The van der Waals surface area contributed by atoms with Crippen LogP contribution in [0.25, 0.3) is 0 Å². The molecule has 0 spiro atoms. The van der Waals surface area contributed by atoms with Crippen molar-refractivity contribution in [3.8, 4) is 0 Å². The van der Waals surface area contributed by atoms with Gasteiger partial charge in [0.25, 0.3) is 0 Å². The van der Waals surface area contributed by atoms with Gasteiger partial charge in [-0.05, 0) is 41.6 Å². The Labute approximate surface area is 97.8 Å². The van der Waals surface area contributed by atoms with E-state index in [0.717, 1.165) is 4.47 Å². The van der Waals surface area contributed by atoms with Crippen LogP contribution >= 0.6 is 15.9 Å². The minimum absolute atomic E-state index is 0.0617. The van der Waals surface area contributed by atoms with Crippen LogP contribution in [0, 0.1) is 5.92 Å². The first-order valence-electron chi connectivity index (χ1n) is 5.10. The number of nitrogens with one attached hydrogen (secondary N) is 1. The Morgan fingerprint density at radius 1 is 1.53 bits per heavy atom. The van der Waals surface area contributed by atoms with E-state index in [1.54, 1.807) is 12.4 Å². The molecule has 1 aliphatic carbocycles. The lowest BCUT2D eigenvalue weighted by molar-refractivity contribution is 0.456. The summed E-state index contributed by atoms with van der Waals surface area (Å²) in [4.78, 5) is 8.39. The summed E-state index contributed by atoms with van der Waals surface area (Å²) in [5.41, 5.74) is 5.74. The predicted molar refractivity (Wildman–Crippen MR) is 63.5 cm³/mol. The SMILES string of the molecule is CC(CN)(Nc1ncc(Br)cn1)C1CC1. The van der Waals surface area contributed by atoms with Crippen LogP contribution < -0.4 is 11.1 Å². The molecule has 0 bridgehead atoms. The van der Waals surface area contributed by atoms with Gasteiger partial charge in [0, 0.05) is 18.9 Å². The number of halogens is 1. The third-order valence-electron chi connectivity index (χ3n) is 2.92. The Morgan fingerprint density at radius 2 is 2.13 bits per heavy atom. The molecular weight excluding hydrogens is 256 g/mol. The normalized spacial score (nSPS) is 19.7. The summed E-state index contributed by atoms with van der Waals surface area (Å²) in [6.07, 6.45) is 5.97. The summed E-state index contributed by atoms with van der Waals surface area (Å²) < 4.78 is 0.883. The molecule has 4 nitrogen and oxygen atoms in total. The minimum Gasteiger partial charge on any atom is -0.348 e. The minimum atomic E-state index is -0.0617. The summed E-state index contributed by atoms with van der Waals surface area (Å²) in [5, 5.41) is 3.33. The first-order chi connectivity index (χ1) is 7.14. The highest BCUT2D eigenvalue weighted by atomic mass is 79.9. The second kappa shape index (κ2) is 4.06. The van der Waals surface area contributed by atoms with Gasteiger partial charge in [0.1, 0.15) is 0 Å². The van der Waals surface area contributed by atoms with Crippen LogP contribution in [0.3, 0.4) is 0 Å². The van der Waals surface area contributed by atoms with Gasteiger partial charge >= 0.3 is 0 Å². The zero-order valence-electron chi connectivity index (χ0n) is 8.70. The van der Waals surface area contributed by atoms with Crippen LogP contribution in [-0.2, 0) is 0 Å². The van der Waals surface area contributed by atoms with Gasteiger partial charge in [-0.2, -0.15) is 0 Å². The van der Waals surface area contributed by atoms with Gasteiger partial charge in [0.05, 0.1) is 10.0 Å². The largest absolute Gasteiger partial charge is 0.348 e. The fourth-order valence-electron chi connectivity index (χ4n) is 1.67. The fourth-order valence-corrected chi connectivity index (χ4v) is 1.88. The third-order valence-corrected chi connectivity index (χ3v) is 3.33. The smallest absolute Gasteiger partial charge is 0.223 e. The van der Waals surface area contributed by atoms with E-state index in [2.05, 4.69) is 38.1 Å². The van der Waals surface area contributed by atoms with Gasteiger partial charge in [-0.1, -0.05) is 0 Å². The molecule has 0 aromatic carbocycles. The van der Waals surface area contributed by atoms with Crippen molar-refractivity contribution < 1.29 is 0 Å². The summed E-state index contributed by atoms with van der Waals surface area (Å²) >= 11 is 3.31. The second-order valence-electron chi connectivity index (χ2n) is 4.25. The lowest BCUT2D eigenvalue weighted by atomic mass is 9.96. The van der Waals surface area contributed by atoms with Crippen molar-refractivity contribution >= 4 is 21.9 Å². The predicted octanol–water partition coefficient (Wildman–Crippen LogP) is 1.78. The number of nitrogens with zero attached hydrogens (tertiary/aromatic N) is 2. The van der Waals surface area contributed by atoms with E-state index in [9.17, 15) is 0 Å². The van der Waals surface area contributed by atoms with E-state index in [0.29, 0.717) is 18.4 Å². The first-order valence-corrected chi connectivity index (χ1v) is 5.89. The summed E-state index contributed by atoms with van der Waals surface area (Å²) in [6, 6.07) is 0. The Kier molecular flexibility index (Phi) is 2.93. The van der Waals surface area contributed by atoms with Crippen LogP contribution in [-0.4, -0.2) is 22.1 Å². The quantitative estimate of drug-likeness (QED) is 0.876. The van der Waals surface area contributed by atoms with Crippen molar-refractivity contribution in [1.29, 1.82) is 0 Å². The average Bonchev–Trinajstić information content (AvgIpc) is 3.05. The van der Waals surface area contributed by atoms with Gasteiger partial charge in [-0.15, -0.1) is 0 Å². The molecule has 0 saturated heterocycles. The van der Waals surface area contributed by atoms with Gasteiger partial charge in [0.2, 0.25) is 5.95 Å². The number of nitrogens with two attached hydrogens (primary N) is 1. The van der Waals surface area contributed by atoms with Gasteiger partial charge < -0.3 is 11.1 Å². The van der Waals surface area contributed by atoms with Crippen molar-refractivity contribution in [2.24, 2.45) is 11.7 Å². The molecule has 3 N–H and O–H groups in total. The highest BCUT2D eigenvalue weighted by Gasteiger charge is 2.40. The molecule has 1 unspecified atom stereocenters. The van der Waals surface area contributed by atoms with E-state index >= 15 is 0 Å². The second-order valence-corrected chi connectivity index (χ2v) is 5.16. The van der Waals surface area contributed by atoms with Crippen molar-refractivity contribution in [3.05, 3.63) is 16.9 Å². The molecule has 2 rings (SSSR count). The molecule has 82 valence electrons. The number of aromatic nitrogens is 2. The van der Waals surface area contributed by atoms with Gasteiger partial charge in [0.15, 0.2) is 0 Å². The Balaban J connectivity index is 2.09. The van der Waals surface area contributed by atoms with Crippen molar-refractivity contribution in [2.45, 2.75) is 25.3 Å². The molecule has 1 aromatic heterocycles. The van der Waals surface area contributed by atoms with E-state index in [-0.39, 0.29) is 5.54 Å². The molecule has 1 aromatic rings. The average molecular weight is 271 g/mol. The number of hydrogen-bond donors (Lipinski definition) is 2. The highest BCUT2D eigenvalue weighted by Crippen LogP contribution is 2.40. The standard InChI is InChI=1S/C10H15BrN4/c1-10(6-12,7-2-3-7)15-9-13-4-8(11)5-14-9/h4-5,7H,2-3,6,12H2,1H3,(H,13,14,15). The fraction of sp³-hybridized carbons (Fsp3) is 0.600. The molecule has 1 saturated carbocycles.